The third-order valence-corrected chi connectivity index (χ3v) is 6.29. The van der Waals surface area contributed by atoms with Gasteiger partial charge in [0.1, 0.15) is 17.4 Å². The lowest BCUT2D eigenvalue weighted by Crippen LogP contribution is -2.40. The number of hydrogen-bond acceptors (Lipinski definition) is 5. The molecule has 0 bridgehead atoms. The number of rotatable bonds is 6. The van der Waals surface area contributed by atoms with Crippen LogP contribution in [0.25, 0.3) is 0 Å². The van der Waals surface area contributed by atoms with E-state index in [0.717, 1.165) is 47.8 Å². The molecule has 170 valence electrons. The van der Waals surface area contributed by atoms with E-state index in [4.69, 9.17) is 14.7 Å². The van der Waals surface area contributed by atoms with Crippen molar-refractivity contribution in [2.45, 2.75) is 58.9 Å². The third-order valence-electron chi connectivity index (χ3n) is 6.29. The molecule has 0 unspecified atom stereocenters. The molecule has 2 amide bonds. The van der Waals surface area contributed by atoms with Gasteiger partial charge in [-0.15, -0.1) is 0 Å². The summed E-state index contributed by atoms with van der Waals surface area (Å²) in [6.07, 6.45) is 2.79. The summed E-state index contributed by atoms with van der Waals surface area (Å²) in [5.74, 6) is 2.91. The summed E-state index contributed by atoms with van der Waals surface area (Å²) < 4.78 is 5.33. The molecule has 1 aromatic heterocycles. The second-order valence-corrected chi connectivity index (χ2v) is 9.25. The average Bonchev–Trinajstić information content (AvgIpc) is 3.09. The van der Waals surface area contributed by atoms with Crippen molar-refractivity contribution in [2.75, 3.05) is 25.1 Å². The Morgan fingerprint density at radius 2 is 2.09 bits per heavy atom. The molecule has 3 heterocycles. The van der Waals surface area contributed by atoms with Gasteiger partial charge in [0.15, 0.2) is 0 Å². The topological polar surface area (TPSA) is 75.6 Å². The van der Waals surface area contributed by atoms with Crippen molar-refractivity contribution in [1.29, 1.82) is 0 Å². The molecule has 0 saturated carbocycles. The highest BCUT2D eigenvalue weighted by Crippen LogP contribution is 2.34. The van der Waals surface area contributed by atoms with Crippen molar-refractivity contribution in [3.05, 3.63) is 46.9 Å². The summed E-state index contributed by atoms with van der Waals surface area (Å²) in [4.78, 5) is 38.8. The van der Waals surface area contributed by atoms with Gasteiger partial charge in [-0.3, -0.25) is 14.5 Å². The quantitative estimate of drug-likeness (QED) is 0.691. The highest BCUT2D eigenvalue weighted by Gasteiger charge is 2.34. The molecule has 1 atom stereocenters. The van der Waals surface area contributed by atoms with Gasteiger partial charge in [0, 0.05) is 36.7 Å². The van der Waals surface area contributed by atoms with E-state index in [9.17, 15) is 9.59 Å². The number of ether oxygens (including phenoxy) is 1. The normalized spacial score (nSPS) is 18.3. The van der Waals surface area contributed by atoms with Gasteiger partial charge in [0.2, 0.25) is 11.8 Å². The molecule has 1 aromatic carbocycles. The number of piperidine rings is 1. The summed E-state index contributed by atoms with van der Waals surface area (Å²) in [5.41, 5.74) is 2.76. The number of fused-ring (bicyclic) bond motifs is 1. The van der Waals surface area contributed by atoms with Gasteiger partial charge in [-0.2, -0.15) is 0 Å². The molecule has 7 heteroatoms. The Balaban J connectivity index is 1.58. The molecular formula is C25H32N4O3. The monoisotopic (exact) mass is 436 g/mol. The van der Waals surface area contributed by atoms with E-state index >= 15 is 0 Å². The van der Waals surface area contributed by atoms with Crippen LogP contribution in [-0.2, 0) is 22.6 Å². The number of anilines is 1. The first-order valence-electron chi connectivity index (χ1n) is 11.4. The molecular weight excluding hydrogens is 404 g/mol. The van der Waals surface area contributed by atoms with Crippen LogP contribution < -0.4 is 9.64 Å². The molecule has 1 fully saturated rings. The second kappa shape index (κ2) is 9.27. The molecule has 0 spiro atoms. The van der Waals surface area contributed by atoms with Crippen LogP contribution in [-0.4, -0.2) is 46.9 Å². The number of aromatic nitrogens is 2. The summed E-state index contributed by atoms with van der Waals surface area (Å²) in [6, 6.07) is 7.75. The predicted molar refractivity (Wildman–Crippen MR) is 123 cm³/mol. The largest absolute Gasteiger partial charge is 0.497 e. The fourth-order valence-corrected chi connectivity index (χ4v) is 4.59. The minimum atomic E-state index is 0.0368. The van der Waals surface area contributed by atoms with Crippen molar-refractivity contribution in [2.24, 2.45) is 5.92 Å². The first-order chi connectivity index (χ1) is 15.4. The van der Waals surface area contributed by atoms with Crippen molar-refractivity contribution in [1.82, 2.24) is 14.9 Å². The SMILES string of the molecule is COc1cccc(CN2C(=O)Cc3c(C)nc([C@@H]4CCCN(C(=O)CC(C)C)C4)nc32)c1. The molecule has 7 nitrogen and oxygen atoms in total. The van der Waals surface area contributed by atoms with Crippen LogP contribution >= 0.6 is 0 Å². The van der Waals surface area contributed by atoms with E-state index in [2.05, 4.69) is 13.8 Å². The third kappa shape index (κ3) is 4.61. The molecule has 4 rings (SSSR count). The van der Waals surface area contributed by atoms with Crippen LogP contribution in [0.1, 0.15) is 61.7 Å². The van der Waals surface area contributed by atoms with E-state index in [1.165, 1.54) is 0 Å². The van der Waals surface area contributed by atoms with Gasteiger partial charge in [0.05, 0.1) is 20.1 Å². The lowest BCUT2D eigenvalue weighted by atomic mass is 9.96. The van der Waals surface area contributed by atoms with Crippen molar-refractivity contribution < 1.29 is 14.3 Å². The maximum atomic E-state index is 12.8. The highest BCUT2D eigenvalue weighted by atomic mass is 16.5. The minimum absolute atomic E-state index is 0.0368. The maximum Gasteiger partial charge on any atom is 0.233 e. The lowest BCUT2D eigenvalue weighted by molar-refractivity contribution is -0.133. The zero-order chi connectivity index (χ0) is 22.8. The van der Waals surface area contributed by atoms with Crippen LogP contribution in [0.4, 0.5) is 5.82 Å². The zero-order valence-corrected chi connectivity index (χ0v) is 19.4. The van der Waals surface area contributed by atoms with Gasteiger partial charge in [-0.25, -0.2) is 9.97 Å². The number of carbonyl (C=O) groups excluding carboxylic acids is 2. The van der Waals surface area contributed by atoms with Crippen LogP contribution in [0.15, 0.2) is 24.3 Å². The fraction of sp³-hybridized carbons (Fsp3) is 0.520. The Labute approximate surface area is 189 Å². The van der Waals surface area contributed by atoms with Crippen molar-refractivity contribution >= 4 is 17.6 Å². The Morgan fingerprint density at radius 3 is 2.84 bits per heavy atom. The number of likely N-dealkylation sites (tertiary alicyclic amines) is 1. The number of nitrogens with zero attached hydrogens (tertiary/aromatic N) is 4. The number of amides is 2. The van der Waals surface area contributed by atoms with Gasteiger partial charge < -0.3 is 9.64 Å². The number of methoxy groups -OCH3 is 1. The Hall–Kier alpha value is -2.96. The average molecular weight is 437 g/mol. The van der Waals surface area contributed by atoms with E-state index in [1.54, 1.807) is 12.0 Å². The number of aryl methyl sites for hydroxylation is 1. The van der Waals surface area contributed by atoms with Gasteiger partial charge in [-0.1, -0.05) is 26.0 Å². The molecule has 32 heavy (non-hydrogen) atoms. The summed E-state index contributed by atoms with van der Waals surface area (Å²) >= 11 is 0. The maximum absolute atomic E-state index is 12.8. The summed E-state index contributed by atoms with van der Waals surface area (Å²) in [5, 5.41) is 0. The Bertz CT molecular complexity index is 1020. The smallest absolute Gasteiger partial charge is 0.233 e. The first kappa shape index (κ1) is 22.2. The van der Waals surface area contributed by atoms with E-state index < -0.39 is 0 Å². The molecule has 2 aliphatic heterocycles. The van der Waals surface area contributed by atoms with Crippen LogP contribution in [0.3, 0.4) is 0 Å². The van der Waals surface area contributed by atoms with Crippen LogP contribution in [0, 0.1) is 12.8 Å². The predicted octanol–water partition coefficient (Wildman–Crippen LogP) is 3.64. The molecule has 2 aliphatic rings. The summed E-state index contributed by atoms with van der Waals surface area (Å²) in [7, 11) is 1.64. The Kier molecular flexibility index (Phi) is 6.44. The standard InChI is InChI=1S/C25H32N4O3/c1-16(2)11-22(30)28-10-6-8-19(15-28)24-26-17(3)21-13-23(31)29(25(21)27-24)14-18-7-5-9-20(12-18)32-4/h5,7,9,12,16,19H,6,8,10-11,13-15H2,1-4H3/t19-/m1/s1. The van der Waals surface area contributed by atoms with Crippen LogP contribution in [0.2, 0.25) is 0 Å². The molecule has 2 aromatic rings. The molecule has 0 N–H and O–H groups in total. The van der Waals surface area contributed by atoms with Gasteiger partial charge in [-0.05, 0) is 43.4 Å². The van der Waals surface area contributed by atoms with Gasteiger partial charge >= 0.3 is 0 Å². The lowest BCUT2D eigenvalue weighted by Gasteiger charge is -2.33. The number of carbonyl (C=O) groups is 2. The van der Waals surface area contributed by atoms with Crippen molar-refractivity contribution in [3.63, 3.8) is 0 Å². The summed E-state index contributed by atoms with van der Waals surface area (Å²) in [6.45, 7) is 7.99. The van der Waals surface area contributed by atoms with E-state index in [0.29, 0.717) is 37.7 Å². The zero-order valence-electron chi connectivity index (χ0n) is 19.4. The number of hydrogen-bond donors (Lipinski definition) is 0. The van der Waals surface area contributed by atoms with Crippen molar-refractivity contribution in [3.8, 4) is 5.75 Å². The Morgan fingerprint density at radius 1 is 1.28 bits per heavy atom. The highest BCUT2D eigenvalue weighted by molar-refractivity contribution is 6.00. The van der Waals surface area contributed by atoms with Gasteiger partial charge in [0.25, 0.3) is 0 Å². The van der Waals surface area contributed by atoms with E-state index in [1.807, 2.05) is 36.1 Å². The molecule has 1 saturated heterocycles. The first-order valence-corrected chi connectivity index (χ1v) is 11.4. The second-order valence-electron chi connectivity index (χ2n) is 9.25. The molecule has 0 aliphatic carbocycles. The van der Waals surface area contributed by atoms with E-state index in [-0.39, 0.29) is 17.7 Å². The number of benzene rings is 1. The fourth-order valence-electron chi connectivity index (χ4n) is 4.59. The molecule has 0 radical (unpaired) electrons. The van der Waals surface area contributed by atoms with Crippen LogP contribution in [0.5, 0.6) is 5.75 Å². The minimum Gasteiger partial charge on any atom is -0.497 e.